The number of hydrogen-bond acceptors (Lipinski definition) is 1. The molecule has 3 atom stereocenters. The van der Waals surface area contributed by atoms with E-state index in [1.807, 2.05) is 0 Å². The Hall–Kier alpha value is -1.10. The quantitative estimate of drug-likeness (QED) is 0.831. The van der Waals surface area contributed by atoms with Crippen LogP contribution in [0.25, 0.3) is 0 Å². The predicted octanol–water partition coefficient (Wildman–Crippen LogP) is 4.10. The van der Waals surface area contributed by atoms with Gasteiger partial charge >= 0.3 is 6.18 Å². The Labute approximate surface area is 115 Å². The summed E-state index contributed by atoms with van der Waals surface area (Å²) < 4.78 is 51.2. The highest BCUT2D eigenvalue weighted by molar-refractivity contribution is 5.17. The Balaban J connectivity index is 1.97. The van der Waals surface area contributed by atoms with Crippen molar-refractivity contribution in [1.29, 1.82) is 0 Å². The summed E-state index contributed by atoms with van der Waals surface area (Å²) in [5.74, 6) is -2.08. The van der Waals surface area contributed by atoms with Crippen LogP contribution in [0, 0.1) is 17.7 Å². The van der Waals surface area contributed by atoms with Crippen molar-refractivity contribution in [2.75, 3.05) is 0 Å². The topological polar surface area (TPSA) is 20.2 Å². The Bertz CT molecular complexity index is 444. The molecule has 0 bridgehead atoms. The Morgan fingerprint density at radius 2 is 2.00 bits per heavy atom. The molecule has 1 fully saturated rings. The number of aliphatic hydroxyl groups is 1. The van der Waals surface area contributed by atoms with E-state index < -0.39 is 24.0 Å². The van der Waals surface area contributed by atoms with Gasteiger partial charge in [-0.05, 0) is 49.3 Å². The van der Waals surface area contributed by atoms with Gasteiger partial charge in [0, 0.05) is 0 Å². The van der Waals surface area contributed by atoms with Crippen LogP contribution in [-0.4, -0.2) is 17.4 Å². The molecule has 0 aliphatic heterocycles. The minimum atomic E-state index is -4.18. The van der Waals surface area contributed by atoms with Crippen molar-refractivity contribution in [3.05, 3.63) is 35.6 Å². The SMILES string of the molecule is OC(Cc1cccc(F)c1)C1CCCC(C(F)(F)F)C1. The fourth-order valence-corrected chi connectivity index (χ4v) is 2.95. The lowest BCUT2D eigenvalue weighted by atomic mass is 9.77. The third-order valence-corrected chi connectivity index (χ3v) is 4.06. The lowest BCUT2D eigenvalue weighted by Crippen LogP contribution is -2.34. The molecule has 0 amide bonds. The number of benzene rings is 1. The van der Waals surface area contributed by atoms with Crippen LogP contribution < -0.4 is 0 Å². The average molecular weight is 290 g/mol. The van der Waals surface area contributed by atoms with Crippen molar-refractivity contribution in [3.8, 4) is 0 Å². The molecule has 3 unspecified atom stereocenters. The second-order valence-corrected chi connectivity index (χ2v) is 5.57. The van der Waals surface area contributed by atoms with Crippen molar-refractivity contribution >= 4 is 0 Å². The summed E-state index contributed by atoms with van der Waals surface area (Å²) in [4.78, 5) is 0. The zero-order valence-corrected chi connectivity index (χ0v) is 11.0. The molecule has 1 aliphatic carbocycles. The van der Waals surface area contributed by atoms with Gasteiger partial charge in [0.2, 0.25) is 0 Å². The first-order valence-corrected chi connectivity index (χ1v) is 6.85. The van der Waals surface area contributed by atoms with E-state index in [9.17, 15) is 22.7 Å². The van der Waals surface area contributed by atoms with Crippen LogP contribution in [0.1, 0.15) is 31.2 Å². The van der Waals surface area contributed by atoms with Gasteiger partial charge in [-0.3, -0.25) is 0 Å². The van der Waals surface area contributed by atoms with Gasteiger partial charge in [-0.25, -0.2) is 4.39 Å². The van der Waals surface area contributed by atoms with Gasteiger partial charge < -0.3 is 5.11 Å². The molecule has 1 saturated carbocycles. The highest BCUT2D eigenvalue weighted by Crippen LogP contribution is 2.41. The molecule has 0 spiro atoms. The molecule has 0 radical (unpaired) electrons. The number of hydrogen-bond donors (Lipinski definition) is 1. The van der Waals surface area contributed by atoms with Gasteiger partial charge in [0.25, 0.3) is 0 Å². The molecule has 1 aromatic rings. The largest absolute Gasteiger partial charge is 0.392 e. The second kappa shape index (κ2) is 6.12. The summed E-state index contributed by atoms with van der Waals surface area (Å²) in [5, 5.41) is 10.1. The third kappa shape index (κ3) is 3.95. The minimum Gasteiger partial charge on any atom is -0.392 e. The Morgan fingerprint density at radius 1 is 1.25 bits per heavy atom. The molecule has 1 nitrogen and oxygen atoms in total. The average Bonchev–Trinajstić information content (AvgIpc) is 2.38. The highest BCUT2D eigenvalue weighted by atomic mass is 19.4. The van der Waals surface area contributed by atoms with Crippen LogP contribution in [0.4, 0.5) is 17.6 Å². The number of rotatable bonds is 3. The number of alkyl halides is 3. The first-order valence-electron chi connectivity index (χ1n) is 6.85. The Morgan fingerprint density at radius 3 is 2.65 bits per heavy atom. The predicted molar refractivity (Wildman–Crippen MR) is 67.6 cm³/mol. The summed E-state index contributed by atoms with van der Waals surface area (Å²) in [6.07, 6.45) is -3.63. The molecule has 112 valence electrons. The first-order chi connectivity index (χ1) is 9.36. The van der Waals surface area contributed by atoms with E-state index >= 15 is 0 Å². The van der Waals surface area contributed by atoms with Crippen LogP contribution in [0.2, 0.25) is 0 Å². The van der Waals surface area contributed by atoms with Crippen molar-refractivity contribution < 1.29 is 22.7 Å². The van der Waals surface area contributed by atoms with Crippen molar-refractivity contribution in [2.24, 2.45) is 11.8 Å². The van der Waals surface area contributed by atoms with Crippen LogP contribution in [0.3, 0.4) is 0 Å². The van der Waals surface area contributed by atoms with Crippen molar-refractivity contribution in [3.63, 3.8) is 0 Å². The molecule has 1 aromatic carbocycles. The summed E-state index contributed by atoms with van der Waals surface area (Å²) >= 11 is 0. The van der Waals surface area contributed by atoms with Gasteiger partial charge in [0.15, 0.2) is 0 Å². The molecule has 1 aliphatic rings. The second-order valence-electron chi connectivity index (χ2n) is 5.57. The molecule has 0 heterocycles. The fraction of sp³-hybridized carbons (Fsp3) is 0.600. The van der Waals surface area contributed by atoms with Gasteiger partial charge in [0.05, 0.1) is 12.0 Å². The summed E-state index contributed by atoms with van der Waals surface area (Å²) in [5.41, 5.74) is 0.617. The van der Waals surface area contributed by atoms with E-state index in [1.54, 1.807) is 6.07 Å². The molecule has 2 rings (SSSR count). The van der Waals surface area contributed by atoms with Gasteiger partial charge in [0.1, 0.15) is 5.82 Å². The first kappa shape index (κ1) is 15.3. The highest BCUT2D eigenvalue weighted by Gasteiger charge is 2.43. The standard InChI is InChI=1S/C15H18F4O/c16-13-6-1-3-10(7-13)8-14(20)11-4-2-5-12(9-11)15(17,18)19/h1,3,6-7,11-12,14,20H,2,4-5,8-9H2. The molecule has 5 heteroatoms. The van der Waals surface area contributed by atoms with E-state index in [-0.39, 0.29) is 25.2 Å². The zero-order chi connectivity index (χ0) is 14.8. The van der Waals surface area contributed by atoms with E-state index in [4.69, 9.17) is 0 Å². The molecule has 0 saturated heterocycles. The maximum atomic E-state index is 13.0. The monoisotopic (exact) mass is 290 g/mol. The van der Waals surface area contributed by atoms with Gasteiger partial charge in [-0.2, -0.15) is 13.2 Å². The molecule has 20 heavy (non-hydrogen) atoms. The third-order valence-electron chi connectivity index (χ3n) is 4.06. The number of halogens is 4. The van der Waals surface area contributed by atoms with Crippen molar-refractivity contribution in [2.45, 2.75) is 44.4 Å². The normalized spacial score (nSPS) is 25.4. The maximum Gasteiger partial charge on any atom is 0.391 e. The number of aliphatic hydroxyl groups excluding tert-OH is 1. The molecule has 1 N–H and O–H groups in total. The van der Waals surface area contributed by atoms with E-state index in [2.05, 4.69) is 0 Å². The molecule has 0 aromatic heterocycles. The van der Waals surface area contributed by atoms with E-state index in [0.717, 1.165) is 0 Å². The van der Waals surface area contributed by atoms with Crippen LogP contribution >= 0.6 is 0 Å². The van der Waals surface area contributed by atoms with E-state index in [1.165, 1.54) is 18.2 Å². The fourth-order valence-electron chi connectivity index (χ4n) is 2.95. The lowest BCUT2D eigenvalue weighted by Gasteiger charge is -2.33. The minimum absolute atomic E-state index is 0.0278. The van der Waals surface area contributed by atoms with Gasteiger partial charge in [-0.15, -0.1) is 0 Å². The summed E-state index contributed by atoms with van der Waals surface area (Å²) in [6, 6.07) is 5.83. The van der Waals surface area contributed by atoms with Crippen LogP contribution in [-0.2, 0) is 6.42 Å². The van der Waals surface area contributed by atoms with Crippen LogP contribution in [0.5, 0.6) is 0 Å². The lowest BCUT2D eigenvalue weighted by molar-refractivity contribution is -0.188. The zero-order valence-electron chi connectivity index (χ0n) is 11.0. The molecular weight excluding hydrogens is 272 g/mol. The summed E-state index contributed by atoms with van der Waals surface area (Å²) in [6.45, 7) is 0. The smallest absolute Gasteiger partial charge is 0.391 e. The van der Waals surface area contributed by atoms with Crippen LogP contribution in [0.15, 0.2) is 24.3 Å². The van der Waals surface area contributed by atoms with Gasteiger partial charge in [-0.1, -0.05) is 18.6 Å². The maximum absolute atomic E-state index is 13.0. The Kier molecular flexibility index (Phi) is 4.68. The summed E-state index contributed by atoms with van der Waals surface area (Å²) in [7, 11) is 0. The van der Waals surface area contributed by atoms with Crippen molar-refractivity contribution in [1.82, 2.24) is 0 Å². The molecular formula is C15H18F4O. The van der Waals surface area contributed by atoms with E-state index in [0.29, 0.717) is 18.4 Å².